The lowest BCUT2D eigenvalue weighted by atomic mass is 10.1. The van der Waals surface area contributed by atoms with Crippen molar-refractivity contribution in [1.82, 2.24) is 4.98 Å². The zero-order valence-electron chi connectivity index (χ0n) is 14.6. The van der Waals surface area contributed by atoms with Crippen molar-refractivity contribution in [2.45, 2.75) is 0 Å². The molecular weight excluding hydrogens is 420 g/mol. The van der Waals surface area contributed by atoms with Gasteiger partial charge in [0, 0.05) is 18.1 Å². The van der Waals surface area contributed by atoms with E-state index in [9.17, 15) is 19.5 Å². The van der Waals surface area contributed by atoms with Gasteiger partial charge < -0.3 is 20.3 Å². The summed E-state index contributed by atoms with van der Waals surface area (Å²) in [7, 11) is 0. The molecule has 0 unspecified atom stereocenters. The van der Waals surface area contributed by atoms with Crippen LogP contribution in [0.1, 0.15) is 20.0 Å². The van der Waals surface area contributed by atoms with Crippen molar-refractivity contribution in [2.75, 3.05) is 11.9 Å². The summed E-state index contributed by atoms with van der Waals surface area (Å²) in [6.45, 7) is -0.725. The van der Waals surface area contributed by atoms with E-state index in [0.29, 0.717) is 21.7 Å². The van der Waals surface area contributed by atoms with Gasteiger partial charge in [0.05, 0.1) is 10.4 Å². The Labute approximate surface area is 173 Å². The summed E-state index contributed by atoms with van der Waals surface area (Å²) in [4.78, 5) is 38.6. The number of ether oxygens (including phenoxy) is 1. The molecule has 0 radical (unpaired) electrons. The molecule has 0 aliphatic heterocycles. The van der Waals surface area contributed by atoms with E-state index in [2.05, 4.69) is 10.3 Å². The monoisotopic (exact) mass is 432 g/mol. The Kier molecular flexibility index (Phi) is 6.10. The van der Waals surface area contributed by atoms with Crippen LogP contribution in [0.4, 0.5) is 5.69 Å². The molecule has 0 bridgehead atoms. The number of aromatic nitrogens is 1. The fourth-order valence-corrected chi connectivity index (χ4v) is 3.83. The molecule has 0 spiro atoms. The van der Waals surface area contributed by atoms with Crippen LogP contribution in [0.25, 0.3) is 10.4 Å². The van der Waals surface area contributed by atoms with E-state index in [4.69, 9.17) is 21.4 Å². The summed E-state index contributed by atoms with van der Waals surface area (Å²) in [6, 6.07) is 9.90. The van der Waals surface area contributed by atoms with Gasteiger partial charge in [0.2, 0.25) is 0 Å². The molecule has 10 heteroatoms. The number of nitrogens with zero attached hydrogens (tertiary/aromatic N) is 1. The summed E-state index contributed by atoms with van der Waals surface area (Å²) in [6.07, 6.45) is 2.99. The molecule has 2 aromatic heterocycles. The molecule has 0 aliphatic rings. The number of aromatic carboxylic acids is 1. The van der Waals surface area contributed by atoms with Crippen molar-refractivity contribution in [3.63, 3.8) is 0 Å². The number of thiophene rings is 1. The lowest BCUT2D eigenvalue weighted by Crippen LogP contribution is -2.11. The molecule has 3 aromatic rings. The maximum Gasteiger partial charge on any atom is 0.349 e. The summed E-state index contributed by atoms with van der Waals surface area (Å²) < 4.78 is 5.07. The van der Waals surface area contributed by atoms with Gasteiger partial charge in [-0.25, -0.2) is 9.59 Å². The van der Waals surface area contributed by atoms with Crippen LogP contribution in [0.3, 0.4) is 0 Å². The number of aliphatic carboxylic acids is 1. The molecule has 0 saturated heterocycles. The highest BCUT2D eigenvalue weighted by atomic mass is 35.5. The molecule has 29 heavy (non-hydrogen) atoms. The summed E-state index contributed by atoms with van der Waals surface area (Å²) in [5.74, 6) is -3.11. The Morgan fingerprint density at radius 3 is 2.62 bits per heavy atom. The zero-order chi connectivity index (χ0) is 21.0. The lowest BCUT2D eigenvalue weighted by Gasteiger charge is -2.07. The van der Waals surface area contributed by atoms with Gasteiger partial charge in [-0.15, -0.1) is 11.3 Å². The third-order valence-electron chi connectivity index (χ3n) is 3.65. The second-order valence-corrected chi connectivity index (χ2v) is 7.07. The Hall–Kier alpha value is -3.43. The van der Waals surface area contributed by atoms with Crippen LogP contribution in [0.15, 0.2) is 48.8 Å². The van der Waals surface area contributed by atoms with E-state index < -0.39 is 18.5 Å². The second kappa shape index (κ2) is 8.72. The Morgan fingerprint density at radius 2 is 1.97 bits per heavy atom. The van der Waals surface area contributed by atoms with Crippen LogP contribution in [0, 0.1) is 0 Å². The number of rotatable bonds is 7. The molecule has 1 aromatic carbocycles. The minimum absolute atomic E-state index is 0.00983. The molecule has 8 nitrogen and oxygen atoms in total. The number of benzene rings is 1. The van der Waals surface area contributed by atoms with Crippen molar-refractivity contribution in [3.8, 4) is 16.2 Å². The van der Waals surface area contributed by atoms with Crippen molar-refractivity contribution in [2.24, 2.45) is 0 Å². The fraction of sp³-hybridized carbons (Fsp3) is 0.0526. The number of pyridine rings is 1. The Morgan fingerprint density at radius 1 is 1.17 bits per heavy atom. The second-order valence-electron chi connectivity index (χ2n) is 5.67. The third kappa shape index (κ3) is 4.71. The number of halogens is 1. The first-order chi connectivity index (χ1) is 13.9. The van der Waals surface area contributed by atoms with Gasteiger partial charge in [0.15, 0.2) is 17.2 Å². The first kappa shape index (κ1) is 20.3. The van der Waals surface area contributed by atoms with Crippen LogP contribution >= 0.6 is 22.9 Å². The van der Waals surface area contributed by atoms with E-state index in [1.807, 2.05) is 0 Å². The molecule has 0 fully saturated rings. The summed E-state index contributed by atoms with van der Waals surface area (Å²) in [5.41, 5.74) is 1.38. The van der Waals surface area contributed by atoms with E-state index in [1.54, 1.807) is 42.6 Å². The molecule has 3 rings (SSSR count). The lowest BCUT2D eigenvalue weighted by molar-refractivity contribution is -0.139. The molecule has 0 atom stereocenters. The molecular formula is C19H13ClN2O6S. The number of carbonyl (C=O) groups excluding carboxylic acids is 1. The van der Waals surface area contributed by atoms with Crippen LogP contribution < -0.4 is 10.1 Å². The number of hydrogen-bond acceptors (Lipinski definition) is 6. The molecule has 2 heterocycles. The average Bonchev–Trinajstić information content (AvgIpc) is 3.04. The minimum atomic E-state index is -1.29. The first-order valence-electron chi connectivity index (χ1n) is 8.08. The smallest absolute Gasteiger partial charge is 0.349 e. The number of nitrogens with one attached hydrogen (secondary N) is 1. The number of carboxylic acid groups (broad SMARTS) is 2. The van der Waals surface area contributed by atoms with Gasteiger partial charge in [-0.05, 0) is 29.8 Å². The predicted octanol–water partition coefficient (Wildman–Crippen LogP) is 3.88. The van der Waals surface area contributed by atoms with E-state index >= 15 is 0 Å². The van der Waals surface area contributed by atoms with Gasteiger partial charge in [-0.3, -0.25) is 9.78 Å². The standard InChI is InChI=1S/C19H13ClN2O6S/c20-14-15(28-9-13(23)24)17(19(26)27)29-16(14)10-3-1-5-12(7-10)22-18(25)11-4-2-6-21-8-11/h1-8H,9H2,(H,22,25)(H,23,24)(H,26,27). The zero-order valence-corrected chi connectivity index (χ0v) is 16.2. The van der Waals surface area contributed by atoms with Gasteiger partial charge in [0.1, 0.15) is 5.02 Å². The Balaban J connectivity index is 1.92. The van der Waals surface area contributed by atoms with Gasteiger partial charge in [-0.2, -0.15) is 0 Å². The van der Waals surface area contributed by atoms with Crippen molar-refractivity contribution in [1.29, 1.82) is 0 Å². The summed E-state index contributed by atoms with van der Waals surface area (Å²) >= 11 is 7.13. The van der Waals surface area contributed by atoms with Crippen LogP contribution in [0.5, 0.6) is 5.75 Å². The number of carboxylic acids is 2. The number of anilines is 1. The highest BCUT2D eigenvalue weighted by molar-refractivity contribution is 7.18. The maximum atomic E-state index is 12.3. The molecule has 148 valence electrons. The highest BCUT2D eigenvalue weighted by Crippen LogP contribution is 2.45. The van der Waals surface area contributed by atoms with Crippen molar-refractivity contribution < 1.29 is 29.3 Å². The number of carbonyl (C=O) groups is 3. The van der Waals surface area contributed by atoms with E-state index in [1.165, 1.54) is 6.20 Å². The van der Waals surface area contributed by atoms with Gasteiger partial charge >= 0.3 is 11.9 Å². The van der Waals surface area contributed by atoms with Crippen LogP contribution in [0.2, 0.25) is 5.02 Å². The topological polar surface area (TPSA) is 126 Å². The third-order valence-corrected chi connectivity index (χ3v) is 5.33. The first-order valence-corrected chi connectivity index (χ1v) is 9.28. The highest BCUT2D eigenvalue weighted by Gasteiger charge is 2.24. The van der Waals surface area contributed by atoms with Gasteiger partial charge in [-0.1, -0.05) is 23.7 Å². The van der Waals surface area contributed by atoms with E-state index in [0.717, 1.165) is 11.3 Å². The average molecular weight is 433 g/mol. The van der Waals surface area contributed by atoms with E-state index in [-0.39, 0.29) is 21.6 Å². The minimum Gasteiger partial charge on any atom is -0.479 e. The maximum absolute atomic E-state index is 12.3. The van der Waals surface area contributed by atoms with Crippen LogP contribution in [-0.2, 0) is 4.79 Å². The molecule has 1 amide bonds. The van der Waals surface area contributed by atoms with Gasteiger partial charge in [0.25, 0.3) is 5.91 Å². The number of amides is 1. The van der Waals surface area contributed by atoms with Crippen molar-refractivity contribution >= 4 is 46.5 Å². The van der Waals surface area contributed by atoms with Crippen LogP contribution in [-0.4, -0.2) is 39.6 Å². The van der Waals surface area contributed by atoms with Crippen molar-refractivity contribution in [3.05, 3.63) is 64.3 Å². The number of hydrogen-bond donors (Lipinski definition) is 3. The largest absolute Gasteiger partial charge is 0.479 e. The predicted molar refractivity (Wildman–Crippen MR) is 107 cm³/mol. The summed E-state index contributed by atoms with van der Waals surface area (Å²) in [5, 5.41) is 20.9. The normalized spacial score (nSPS) is 10.4. The molecule has 3 N–H and O–H groups in total. The molecule has 0 aliphatic carbocycles. The Bertz CT molecular complexity index is 1080. The molecule has 0 saturated carbocycles. The quantitative estimate of drug-likeness (QED) is 0.517. The fourth-order valence-electron chi connectivity index (χ4n) is 2.42. The SMILES string of the molecule is O=C(O)COc1c(C(=O)O)sc(-c2cccc(NC(=O)c3cccnc3)c2)c1Cl.